The molecule has 0 aliphatic carbocycles. The summed E-state index contributed by atoms with van der Waals surface area (Å²) < 4.78 is 9.92. The van der Waals surface area contributed by atoms with Crippen molar-refractivity contribution < 1.29 is 23.5 Å². The molecule has 2 amide bonds. The van der Waals surface area contributed by atoms with E-state index in [-0.39, 0.29) is 17.6 Å². The molecule has 7 heteroatoms. The fourth-order valence-corrected chi connectivity index (χ4v) is 2.26. The van der Waals surface area contributed by atoms with Gasteiger partial charge in [0.2, 0.25) is 0 Å². The monoisotopic (exact) mass is 392 g/mol. The number of hydrogen-bond donors (Lipinski definition) is 2. The van der Waals surface area contributed by atoms with Gasteiger partial charge in [0.1, 0.15) is 6.04 Å². The summed E-state index contributed by atoms with van der Waals surface area (Å²) in [5, 5.41) is 5.08. The number of ether oxygens (including phenoxy) is 1. The van der Waals surface area contributed by atoms with Crippen LogP contribution < -0.4 is 10.6 Å². The summed E-state index contributed by atoms with van der Waals surface area (Å²) in [6.45, 7) is 1.78. The highest BCUT2D eigenvalue weighted by molar-refractivity contribution is 5.96. The SMILES string of the molecule is CC[C@H](NC(=O)c1ccc(C#CC#Cc2ccc(C(=O)NC)o2)cc1)C(=O)OC. The van der Waals surface area contributed by atoms with Gasteiger partial charge in [-0.05, 0) is 60.6 Å². The van der Waals surface area contributed by atoms with Gasteiger partial charge >= 0.3 is 5.97 Å². The molecule has 1 heterocycles. The van der Waals surface area contributed by atoms with Gasteiger partial charge in [-0.3, -0.25) is 9.59 Å². The van der Waals surface area contributed by atoms with Crippen LogP contribution in [0.1, 0.15) is 45.6 Å². The van der Waals surface area contributed by atoms with E-state index in [0.29, 0.717) is 23.3 Å². The second-order valence-corrected chi connectivity index (χ2v) is 5.78. The normalized spacial score (nSPS) is 10.4. The molecule has 0 fully saturated rings. The molecule has 0 saturated heterocycles. The van der Waals surface area contributed by atoms with E-state index in [9.17, 15) is 14.4 Å². The molecular formula is C22H20N2O5. The zero-order chi connectivity index (χ0) is 21.2. The minimum absolute atomic E-state index is 0.177. The number of benzene rings is 1. The smallest absolute Gasteiger partial charge is 0.328 e. The maximum atomic E-state index is 12.2. The van der Waals surface area contributed by atoms with Gasteiger partial charge < -0.3 is 19.8 Å². The second kappa shape index (κ2) is 10.4. The van der Waals surface area contributed by atoms with Crippen LogP contribution in [0, 0.1) is 23.7 Å². The van der Waals surface area contributed by atoms with Gasteiger partial charge in [0, 0.05) is 18.2 Å². The van der Waals surface area contributed by atoms with Crippen LogP contribution in [-0.4, -0.2) is 38.0 Å². The number of rotatable bonds is 5. The van der Waals surface area contributed by atoms with Crippen molar-refractivity contribution in [3.05, 3.63) is 59.0 Å². The molecule has 148 valence electrons. The van der Waals surface area contributed by atoms with Crippen LogP contribution in [0.25, 0.3) is 0 Å². The van der Waals surface area contributed by atoms with Crippen molar-refractivity contribution >= 4 is 17.8 Å². The number of esters is 1. The maximum absolute atomic E-state index is 12.2. The third kappa shape index (κ3) is 6.02. The molecule has 0 bridgehead atoms. The van der Waals surface area contributed by atoms with Crippen molar-refractivity contribution in [1.29, 1.82) is 0 Å². The quantitative estimate of drug-likeness (QED) is 0.597. The first-order valence-electron chi connectivity index (χ1n) is 8.81. The van der Waals surface area contributed by atoms with E-state index >= 15 is 0 Å². The number of nitrogens with one attached hydrogen (secondary N) is 2. The summed E-state index contributed by atoms with van der Waals surface area (Å²) in [5.41, 5.74) is 1.07. The van der Waals surface area contributed by atoms with Crippen LogP contribution in [-0.2, 0) is 9.53 Å². The van der Waals surface area contributed by atoms with E-state index in [1.165, 1.54) is 20.2 Å². The topological polar surface area (TPSA) is 97.6 Å². The lowest BCUT2D eigenvalue weighted by Gasteiger charge is -2.14. The van der Waals surface area contributed by atoms with E-state index in [0.717, 1.165) is 0 Å². The van der Waals surface area contributed by atoms with Gasteiger partial charge in [0.25, 0.3) is 11.8 Å². The summed E-state index contributed by atoms with van der Waals surface area (Å²) in [6.07, 6.45) is 0.431. The first kappa shape index (κ1) is 21.3. The third-order valence-corrected chi connectivity index (χ3v) is 3.86. The van der Waals surface area contributed by atoms with E-state index < -0.39 is 12.0 Å². The van der Waals surface area contributed by atoms with Gasteiger partial charge in [-0.1, -0.05) is 12.8 Å². The summed E-state index contributed by atoms with van der Waals surface area (Å²) in [7, 11) is 2.79. The van der Waals surface area contributed by atoms with E-state index in [4.69, 9.17) is 4.42 Å². The molecule has 7 nitrogen and oxygen atoms in total. The highest BCUT2D eigenvalue weighted by Gasteiger charge is 2.19. The fraction of sp³-hybridized carbons (Fsp3) is 0.227. The summed E-state index contributed by atoms with van der Waals surface area (Å²) in [6, 6.07) is 9.01. The highest BCUT2D eigenvalue weighted by atomic mass is 16.5. The molecule has 1 aromatic heterocycles. The molecule has 0 unspecified atom stereocenters. The average Bonchev–Trinajstić information content (AvgIpc) is 3.23. The van der Waals surface area contributed by atoms with E-state index in [2.05, 4.69) is 39.1 Å². The Morgan fingerprint density at radius 1 is 1.03 bits per heavy atom. The van der Waals surface area contributed by atoms with Crippen molar-refractivity contribution in [1.82, 2.24) is 10.6 Å². The van der Waals surface area contributed by atoms with Crippen molar-refractivity contribution in [3.8, 4) is 23.7 Å². The Balaban J connectivity index is 2.00. The molecule has 0 radical (unpaired) electrons. The van der Waals surface area contributed by atoms with Crippen LogP contribution in [0.3, 0.4) is 0 Å². The van der Waals surface area contributed by atoms with Gasteiger partial charge in [0.15, 0.2) is 11.5 Å². The van der Waals surface area contributed by atoms with Crippen LogP contribution in [0.5, 0.6) is 0 Å². The van der Waals surface area contributed by atoms with E-state index in [1.807, 2.05) is 0 Å². The Hall–Kier alpha value is -3.97. The lowest BCUT2D eigenvalue weighted by atomic mass is 10.1. The molecular weight excluding hydrogens is 372 g/mol. The van der Waals surface area contributed by atoms with Gasteiger partial charge in [0.05, 0.1) is 7.11 Å². The minimum atomic E-state index is -0.687. The average molecular weight is 392 g/mol. The van der Waals surface area contributed by atoms with Gasteiger partial charge in [-0.2, -0.15) is 0 Å². The van der Waals surface area contributed by atoms with Crippen LogP contribution in [0.2, 0.25) is 0 Å². The molecule has 2 aromatic rings. The number of amides is 2. The zero-order valence-corrected chi connectivity index (χ0v) is 16.3. The Kier molecular flexibility index (Phi) is 7.64. The first-order chi connectivity index (χ1) is 14.0. The molecule has 0 aliphatic heterocycles. The Morgan fingerprint density at radius 2 is 1.72 bits per heavy atom. The Morgan fingerprint density at radius 3 is 2.34 bits per heavy atom. The summed E-state index contributed by atoms with van der Waals surface area (Å²) in [4.78, 5) is 35.2. The highest BCUT2D eigenvalue weighted by Crippen LogP contribution is 2.06. The maximum Gasteiger partial charge on any atom is 0.328 e. The van der Waals surface area contributed by atoms with Crippen molar-refractivity contribution in [2.45, 2.75) is 19.4 Å². The Bertz CT molecular complexity index is 1010. The van der Waals surface area contributed by atoms with Crippen LogP contribution in [0.15, 0.2) is 40.8 Å². The number of carbonyl (C=O) groups is 3. The summed E-state index contributed by atoms with van der Waals surface area (Å²) >= 11 is 0. The molecule has 2 N–H and O–H groups in total. The zero-order valence-electron chi connectivity index (χ0n) is 16.3. The second-order valence-electron chi connectivity index (χ2n) is 5.78. The van der Waals surface area contributed by atoms with Crippen LogP contribution in [0.4, 0.5) is 0 Å². The number of carbonyl (C=O) groups excluding carboxylic acids is 3. The molecule has 0 saturated carbocycles. The first-order valence-corrected chi connectivity index (χ1v) is 8.81. The number of hydrogen-bond acceptors (Lipinski definition) is 5. The number of furan rings is 1. The molecule has 0 spiro atoms. The standard InChI is InChI=1S/C22H20N2O5/c1-4-18(22(27)28-3)24-20(25)16-11-9-15(10-12-16)7-5-6-8-17-13-14-19(29-17)21(26)23-2/h9-14,18H,4H2,1-3H3,(H,23,26)(H,24,25)/t18-/m0/s1. The third-order valence-electron chi connectivity index (χ3n) is 3.86. The molecule has 2 rings (SSSR count). The summed E-state index contributed by atoms with van der Waals surface area (Å²) in [5.74, 6) is 10.2. The largest absolute Gasteiger partial charge is 0.467 e. The van der Waals surface area contributed by atoms with E-state index in [1.54, 1.807) is 37.3 Å². The lowest BCUT2D eigenvalue weighted by Crippen LogP contribution is -2.41. The van der Waals surface area contributed by atoms with Gasteiger partial charge in [-0.25, -0.2) is 4.79 Å². The number of methoxy groups -OCH3 is 1. The van der Waals surface area contributed by atoms with Crippen LogP contribution >= 0.6 is 0 Å². The van der Waals surface area contributed by atoms with Crippen molar-refractivity contribution in [3.63, 3.8) is 0 Å². The van der Waals surface area contributed by atoms with Crippen molar-refractivity contribution in [2.75, 3.05) is 14.2 Å². The predicted octanol–water partition coefficient (Wildman–Crippen LogP) is 1.72. The fourth-order valence-electron chi connectivity index (χ4n) is 2.26. The molecule has 0 aliphatic rings. The lowest BCUT2D eigenvalue weighted by molar-refractivity contribution is -0.142. The predicted molar refractivity (Wildman–Crippen MR) is 106 cm³/mol. The van der Waals surface area contributed by atoms with Gasteiger partial charge in [-0.15, -0.1) is 0 Å². The van der Waals surface area contributed by atoms with Crippen molar-refractivity contribution in [2.24, 2.45) is 0 Å². The minimum Gasteiger partial charge on any atom is -0.467 e. The molecule has 1 atom stereocenters. The molecule has 29 heavy (non-hydrogen) atoms. The molecule has 1 aromatic carbocycles. The Labute approximate surface area is 168 Å².